The minimum Gasteiger partial charge on any atom is -0.461 e. The molecular formula is C12H17N3O3. The highest BCUT2D eigenvalue weighted by molar-refractivity contribution is 5.87. The highest BCUT2D eigenvalue weighted by atomic mass is 16.5. The van der Waals surface area contributed by atoms with Gasteiger partial charge in [0.2, 0.25) is 5.91 Å². The van der Waals surface area contributed by atoms with E-state index in [2.05, 4.69) is 4.98 Å². The second-order valence-electron chi connectivity index (χ2n) is 4.00. The number of carbonyl (C=O) groups excluding carboxylic acids is 2. The first-order valence-electron chi connectivity index (χ1n) is 5.59. The molecule has 0 spiro atoms. The summed E-state index contributed by atoms with van der Waals surface area (Å²) in [6, 6.07) is 3.09. The molecule has 1 amide bonds. The summed E-state index contributed by atoms with van der Waals surface area (Å²) >= 11 is 0. The first-order valence-corrected chi connectivity index (χ1v) is 5.59. The molecule has 2 N–H and O–H groups in total. The standard InChI is InChI=1S/C12H17N3O3/c1-15(2)11(16)4-3-7-18-12(17)10-6-5-9(13)8-14-10/h5-6,8H,3-4,7,13H2,1-2H3. The van der Waals surface area contributed by atoms with Gasteiger partial charge >= 0.3 is 5.97 Å². The molecule has 0 aromatic carbocycles. The molecule has 1 aromatic rings. The number of rotatable bonds is 5. The van der Waals surface area contributed by atoms with Crippen LogP contribution < -0.4 is 5.73 Å². The van der Waals surface area contributed by atoms with Gasteiger partial charge < -0.3 is 15.4 Å². The van der Waals surface area contributed by atoms with E-state index >= 15 is 0 Å². The lowest BCUT2D eigenvalue weighted by Crippen LogP contribution is -2.21. The van der Waals surface area contributed by atoms with Gasteiger partial charge in [0.15, 0.2) is 0 Å². The summed E-state index contributed by atoms with van der Waals surface area (Å²) in [6.45, 7) is 0.199. The number of hydrogen-bond donors (Lipinski definition) is 1. The zero-order valence-electron chi connectivity index (χ0n) is 10.5. The van der Waals surface area contributed by atoms with E-state index in [1.165, 1.54) is 17.2 Å². The Morgan fingerprint density at radius 1 is 1.39 bits per heavy atom. The molecule has 0 saturated heterocycles. The molecule has 0 aliphatic carbocycles. The van der Waals surface area contributed by atoms with Crippen molar-refractivity contribution < 1.29 is 14.3 Å². The van der Waals surface area contributed by atoms with Crippen LogP contribution in [-0.2, 0) is 9.53 Å². The Hall–Kier alpha value is -2.11. The van der Waals surface area contributed by atoms with Gasteiger partial charge in [0.25, 0.3) is 0 Å². The quantitative estimate of drug-likeness (QED) is 0.614. The molecule has 0 radical (unpaired) electrons. The molecule has 0 aliphatic rings. The van der Waals surface area contributed by atoms with Gasteiger partial charge in [-0.15, -0.1) is 0 Å². The Kier molecular flexibility index (Phi) is 5.10. The van der Waals surface area contributed by atoms with Crippen molar-refractivity contribution in [2.45, 2.75) is 12.8 Å². The van der Waals surface area contributed by atoms with Gasteiger partial charge in [-0.2, -0.15) is 0 Å². The predicted molar refractivity (Wildman–Crippen MR) is 66.9 cm³/mol. The minimum absolute atomic E-state index is 0.0108. The number of ether oxygens (including phenoxy) is 1. The van der Waals surface area contributed by atoms with Gasteiger partial charge in [-0.1, -0.05) is 0 Å². The van der Waals surface area contributed by atoms with Crippen LogP contribution in [0.1, 0.15) is 23.3 Å². The number of aromatic nitrogens is 1. The van der Waals surface area contributed by atoms with Crippen LogP contribution in [0.4, 0.5) is 5.69 Å². The molecule has 0 unspecified atom stereocenters. The fraction of sp³-hybridized carbons (Fsp3) is 0.417. The van der Waals surface area contributed by atoms with E-state index < -0.39 is 5.97 Å². The number of nitrogens with zero attached hydrogens (tertiary/aromatic N) is 2. The monoisotopic (exact) mass is 251 g/mol. The average molecular weight is 251 g/mol. The van der Waals surface area contributed by atoms with Crippen molar-refractivity contribution in [3.8, 4) is 0 Å². The molecule has 0 bridgehead atoms. The second-order valence-corrected chi connectivity index (χ2v) is 4.00. The molecule has 18 heavy (non-hydrogen) atoms. The Bertz CT molecular complexity index is 415. The molecule has 0 atom stereocenters. The topological polar surface area (TPSA) is 85.5 Å². The molecule has 0 aliphatic heterocycles. The summed E-state index contributed by atoms with van der Waals surface area (Å²) in [4.78, 5) is 28.1. The normalized spacial score (nSPS) is 9.89. The number of hydrogen-bond acceptors (Lipinski definition) is 5. The van der Waals surface area contributed by atoms with Crippen LogP contribution in [0.3, 0.4) is 0 Å². The van der Waals surface area contributed by atoms with Crippen molar-refractivity contribution in [2.75, 3.05) is 26.4 Å². The number of anilines is 1. The van der Waals surface area contributed by atoms with Crippen LogP contribution in [0.5, 0.6) is 0 Å². The molecule has 6 heteroatoms. The molecular weight excluding hydrogens is 234 g/mol. The lowest BCUT2D eigenvalue weighted by molar-refractivity contribution is -0.128. The smallest absolute Gasteiger partial charge is 0.356 e. The Balaban J connectivity index is 2.29. The van der Waals surface area contributed by atoms with E-state index in [4.69, 9.17) is 10.5 Å². The summed E-state index contributed by atoms with van der Waals surface area (Å²) in [5.41, 5.74) is 6.15. The maximum Gasteiger partial charge on any atom is 0.356 e. The molecule has 6 nitrogen and oxygen atoms in total. The maximum absolute atomic E-state index is 11.5. The highest BCUT2D eigenvalue weighted by Gasteiger charge is 2.09. The van der Waals surface area contributed by atoms with Gasteiger partial charge in [-0.25, -0.2) is 9.78 Å². The van der Waals surface area contributed by atoms with Crippen molar-refractivity contribution in [3.05, 3.63) is 24.0 Å². The zero-order valence-corrected chi connectivity index (χ0v) is 10.5. The second kappa shape index (κ2) is 6.58. The van der Waals surface area contributed by atoms with Crippen LogP contribution in [0.15, 0.2) is 18.3 Å². The number of esters is 1. The van der Waals surface area contributed by atoms with Gasteiger partial charge in [-0.05, 0) is 18.6 Å². The van der Waals surface area contributed by atoms with Gasteiger partial charge in [0.1, 0.15) is 5.69 Å². The SMILES string of the molecule is CN(C)C(=O)CCCOC(=O)c1ccc(N)cn1. The van der Waals surface area contributed by atoms with Crippen LogP contribution in [0.2, 0.25) is 0 Å². The third-order valence-corrected chi connectivity index (χ3v) is 2.26. The molecule has 98 valence electrons. The van der Waals surface area contributed by atoms with Crippen molar-refractivity contribution in [1.29, 1.82) is 0 Å². The third-order valence-electron chi connectivity index (χ3n) is 2.26. The number of amides is 1. The number of nitrogens with two attached hydrogens (primary N) is 1. The lowest BCUT2D eigenvalue weighted by atomic mass is 10.3. The molecule has 1 heterocycles. The first kappa shape index (κ1) is 14.0. The first-order chi connectivity index (χ1) is 8.50. The summed E-state index contributed by atoms with van der Waals surface area (Å²) in [6.07, 6.45) is 2.25. The van der Waals surface area contributed by atoms with E-state index in [0.717, 1.165) is 0 Å². The van der Waals surface area contributed by atoms with Crippen molar-refractivity contribution in [2.24, 2.45) is 0 Å². The Labute approximate surface area is 106 Å². The van der Waals surface area contributed by atoms with E-state index in [9.17, 15) is 9.59 Å². The van der Waals surface area contributed by atoms with Gasteiger partial charge in [-0.3, -0.25) is 4.79 Å². The van der Waals surface area contributed by atoms with Crippen molar-refractivity contribution >= 4 is 17.6 Å². The summed E-state index contributed by atoms with van der Waals surface area (Å²) < 4.78 is 4.99. The summed E-state index contributed by atoms with van der Waals surface area (Å²) in [7, 11) is 3.37. The molecule has 1 aromatic heterocycles. The minimum atomic E-state index is -0.507. The average Bonchev–Trinajstić information content (AvgIpc) is 2.34. The van der Waals surface area contributed by atoms with Crippen LogP contribution in [-0.4, -0.2) is 42.5 Å². The van der Waals surface area contributed by atoms with Crippen LogP contribution >= 0.6 is 0 Å². The molecule has 0 fully saturated rings. The Morgan fingerprint density at radius 2 is 2.11 bits per heavy atom. The van der Waals surface area contributed by atoms with Crippen molar-refractivity contribution in [1.82, 2.24) is 9.88 Å². The van der Waals surface area contributed by atoms with E-state index in [0.29, 0.717) is 18.5 Å². The molecule has 0 saturated carbocycles. The van der Waals surface area contributed by atoms with E-state index in [1.807, 2.05) is 0 Å². The fourth-order valence-electron chi connectivity index (χ4n) is 1.21. The fourth-order valence-corrected chi connectivity index (χ4v) is 1.21. The number of pyridine rings is 1. The van der Waals surface area contributed by atoms with Gasteiger partial charge in [0.05, 0.1) is 18.5 Å². The van der Waals surface area contributed by atoms with Gasteiger partial charge in [0, 0.05) is 20.5 Å². The number of nitrogen functional groups attached to an aromatic ring is 1. The van der Waals surface area contributed by atoms with Crippen LogP contribution in [0, 0.1) is 0 Å². The number of carbonyl (C=O) groups is 2. The molecule has 1 rings (SSSR count). The largest absolute Gasteiger partial charge is 0.461 e. The third kappa shape index (κ3) is 4.40. The highest BCUT2D eigenvalue weighted by Crippen LogP contribution is 2.03. The zero-order chi connectivity index (χ0) is 13.5. The van der Waals surface area contributed by atoms with E-state index in [1.54, 1.807) is 20.2 Å². The van der Waals surface area contributed by atoms with Crippen LogP contribution in [0.25, 0.3) is 0 Å². The van der Waals surface area contributed by atoms with Crippen molar-refractivity contribution in [3.63, 3.8) is 0 Å². The lowest BCUT2D eigenvalue weighted by Gasteiger charge is -2.09. The Morgan fingerprint density at radius 3 is 2.67 bits per heavy atom. The van der Waals surface area contributed by atoms with E-state index in [-0.39, 0.29) is 18.2 Å². The summed E-state index contributed by atoms with van der Waals surface area (Å²) in [5, 5.41) is 0. The summed E-state index contributed by atoms with van der Waals surface area (Å²) in [5.74, 6) is -0.496. The predicted octanol–water partition coefficient (Wildman–Crippen LogP) is 0.689. The maximum atomic E-state index is 11.5.